The molecule has 0 saturated heterocycles. The highest BCUT2D eigenvalue weighted by Crippen LogP contribution is 2.45. The molecular weight excluding hydrogens is 493 g/mol. The van der Waals surface area contributed by atoms with Crippen molar-refractivity contribution in [3.63, 3.8) is 0 Å². The summed E-state index contributed by atoms with van der Waals surface area (Å²) in [5.41, 5.74) is -3.84. The van der Waals surface area contributed by atoms with Gasteiger partial charge in [-0.1, -0.05) is 56.3 Å². The number of hydrogen-bond donors (Lipinski definition) is 2. The van der Waals surface area contributed by atoms with Crippen LogP contribution in [0.4, 0.5) is 24.5 Å². The molecule has 0 radical (unpaired) electrons. The van der Waals surface area contributed by atoms with Gasteiger partial charge in [-0.3, -0.25) is 9.10 Å². The largest absolute Gasteiger partial charge is 0.425 e. The van der Waals surface area contributed by atoms with Gasteiger partial charge in [0.2, 0.25) is 11.5 Å². The number of carbonyl (C=O) groups excluding carboxylic acids is 1. The lowest BCUT2D eigenvalue weighted by Gasteiger charge is -2.32. The fourth-order valence-corrected chi connectivity index (χ4v) is 5.40. The van der Waals surface area contributed by atoms with E-state index >= 15 is 0 Å². The molecule has 1 atom stereocenters. The van der Waals surface area contributed by atoms with Gasteiger partial charge in [0.1, 0.15) is 0 Å². The van der Waals surface area contributed by atoms with Crippen LogP contribution in [0.25, 0.3) is 0 Å². The van der Waals surface area contributed by atoms with E-state index in [2.05, 4.69) is 5.32 Å². The van der Waals surface area contributed by atoms with Crippen LogP contribution in [0.5, 0.6) is 0 Å². The lowest BCUT2D eigenvalue weighted by atomic mass is 9.85. The molecule has 3 rings (SSSR count). The monoisotopic (exact) mass is 520 g/mol. The Morgan fingerprint density at radius 1 is 0.917 bits per heavy atom. The SMILES string of the molecule is CC(=O)Nc1ccc(C(O)(c2ccc(N(CC(C)C)S(=O)(=O)c3ccccc3)cc2)C(F)(F)F)cc1. The number of halogens is 3. The summed E-state index contributed by atoms with van der Waals surface area (Å²) in [7, 11) is -3.98. The Bertz CT molecular complexity index is 1290. The van der Waals surface area contributed by atoms with Gasteiger partial charge in [0.15, 0.2) is 0 Å². The lowest BCUT2D eigenvalue weighted by Crippen LogP contribution is -2.43. The summed E-state index contributed by atoms with van der Waals surface area (Å²) < 4.78 is 70.4. The number of amides is 1. The minimum atomic E-state index is -5.09. The van der Waals surface area contributed by atoms with Gasteiger partial charge in [-0.25, -0.2) is 8.42 Å². The molecule has 0 heterocycles. The molecule has 192 valence electrons. The van der Waals surface area contributed by atoms with Crippen LogP contribution in [0.1, 0.15) is 31.9 Å². The summed E-state index contributed by atoms with van der Waals surface area (Å²) in [5.74, 6) is -0.460. The highest BCUT2D eigenvalue weighted by molar-refractivity contribution is 7.92. The number of benzene rings is 3. The van der Waals surface area contributed by atoms with E-state index in [-0.39, 0.29) is 34.6 Å². The molecular formula is C26H27F3N2O4S. The third kappa shape index (κ3) is 5.55. The number of rotatable bonds is 8. The third-order valence-electron chi connectivity index (χ3n) is 5.47. The van der Waals surface area contributed by atoms with Gasteiger partial charge in [-0.2, -0.15) is 13.2 Å². The number of carbonyl (C=O) groups is 1. The average molecular weight is 521 g/mol. The Hall–Kier alpha value is -3.37. The summed E-state index contributed by atoms with van der Waals surface area (Å²) in [6.45, 7) is 5.02. The standard InChI is InChI=1S/C26H27F3N2O4S/c1-18(2)17-31(36(34,35)24-7-5-4-6-8-24)23-15-11-21(12-16-23)25(33,26(27,28)29)20-9-13-22(14-10-20)30-19(3)32/h4-16,18,33H,17H2,1-3H3,(H,30,32). The van der Waals surface area contributed by atoms with E-state index < -0.39 is 32.9 Å². The maximum atomic E-state index is 14.2. The van der Waals surface area contributed by atoms with E-state index in [1.54, 1.807) is 18.2 Å². The van der Waals surface area contributed by atoms with Gasteiger partial charge in [-0.15, -0.1) is 0 Å². The van der Waals surface area contributed by atoms with Crippen molar-refractivity contribution in [2.75, 3.05) is 16.2 Å². The van der Waals surface area contributed by atoms with Crippen LogP contribution in [0.3, 0.4) is 0 Å². The van der Waals surface area contributed by atoms with Crippen molar-refractivity contribution in [3.05, 3.63) is 90.0 Å². The van der Waals surface area contributed by atoms with E-state index in [1.165, 1.54) is 43.3 Å². The van der Waals surface area contributed by atoms with Crippen molar-refractivity contribution in [2.45, 2.75) is 37.4 Å². The minimum absolute atomic E-state index is 0.0563. The van der Waals surface area contributed by atoms with Crippen LogP contribution in [-0.4, -0.2) is 32.2 Å². The summed E-state index contributed by atoms with van der Waals surface area (Å²) >= 11 is 0. The number of sulfonamides is 1. The molecule has 10 heteroatoms. The molecule has 0 aliphatic heterocycles. The first-order chi connectivity index (χ1) is 16.8. The van der Waals surface area contributed by atoms with Crippen LogP contribution >= 0.6 is 0 Å². The Kier molecular flexibility index (Phi) is 7.80. The van der Waals surface area contributed by atoms with Gasteiger partial charge in [0.05, 0.1) is 10.6 Å². The van der Waals surface area contributed by atoms with Gasteiger partial charge in [0, 0.05) is 19.2 Å². The van der Waals surface area contributed by atoms with Gasteiger partial charge >= 0.3 is 6.18 Å². The molecule has 36 heavy (non-hydrogen) atoms. The topological polar surface area (TPSA) is 86.7 Å². The van der Waals surface area contributed by atoms with Gasteiger partial charge < -0.3 is 10.4 Å². The maximum absolute atomic E-state index is 14.2. The van der Waals surface area contributed by atoms with Crippen LogP contribution < -0.4 is 9.62 Å². The first-order valence-electron chi connectivity index (χ1n) is 11.1. The van der Waals surface area contributed by atoms with Crippen molar-refractivity contribution in [1.29, 1.82) is 0 Å². The number of nitrogens with one attached hydrogen (secondary N) is 1. The number of nitrogens with zero attached hydrogens (tertiary/aromatic N) is 1. The predicted molar refractivity (Wildman–Crippen MR) is 132 cm³/mol. The molecule has 0 saturated carbocycles. The van der Waals surface area contributed by atoms with Crippen molar-refractivity contribution < 1.29 is 31.5 Å². The van der Waals surface area contributed by atoms with Crippen molar-refractivity contribution >= 4 is 27.3 Å². The zero-order chi connectivity index (χ0) is 26.7. The van der Waals surface area contributed by atoms with E-state index in [0.29, 0.717) is 0 Å². The van der Waals surface area contributed by atoms with Gasteiger partial charge in [-0.05, 0) is 53.4 Å². The predicted octanol–water partition coefficient (Wildman–Crippen LogP) is 5.29. The zero-order valence-corrected chi connectivity index (χ0v) is 20.8. The molecule has 0 aliphatic carbocycles. The average Bonchev–Trinajstić information content (AvgIpc) is 2.82. The first-order valence-corrected chi connectivity index (χ1v) is 12.6. The second-order valence-corrected chi connectivity index (χ2v) is 10.6. The van der Waals surface area contributed by atoms with Crippen molar-refractivity contribution in [2.24, 2.45) is 5.92 Å². The minimum Gasteiger partial charge on any atom is -0.372 e. The maximum Gasteiger partial charge on any atom is 0.425 e. The highest BCUT2D eigenvalue weighted by Gasteiger charge is 2.56. The molecule has 0 bridgehead atoms. The zero-order valence-electron chi connectivity index (χ0n) is 20.0. The third-order valence-corrected chi connectivity index (χ3v) is 7.28. The molecule has 2 N–H and O–H groups in total. The van der Waals surface area contributed by atoms with Crippen molar-refractivity contribution in [3.8, 4) is 0 Å². The van der Waals surface area contributed by atoms with E-state index in [4.69, 9.17) is 0 Å². The van der Waals surface area contributed by atoms with Crippen LogP contribution in [-0.2, 0) is 20.4 Å². The molecule has 3 aromatic carbocycles. The van der Waals surface area contributed by atoms with E-state index in [9.17, 15) is 31.5 Å². The normalized spacial score (nSPS) is 13.8. The number of alkyl halides is 3. The second kappa shape index (κ2) is 10.3. The van der Waals surface area contributed by atoms with Crippen LogP contribution in [0.2, 0.25) is 0 Å². The summed E-state index contributed by atoms with van der Waals surface area (Å²) in [6.07, 6.45) is -5.09. The lowest BCUT2D eigenvalue weighted by molar-refractivity contribution is -0.248. The Morgan fingerprint density at radius 3 is 1.86 bits per heavy atom. The molecule has 0 fully saturated rings. The molecule has 1 unspecified atom stereocenters. The summed E-state index contributed by atoms with van der Waals surface area (Å²) in [6, 6.07) is 17.1. The van der Waals surface area contributed by atoms with Crippen LogP contribution in [0, 0.1) is 5.92 Å². The molecule has 3 aromatic rings. The Morgan fingerprint density at radius 2 is 1.42 bits per heavy atom. The Balaban J connectivity index is 2.05. The molecule has 6 nitrogen and oxygen atoms in total. The first kappa shape index (κ1) is 27.2. The summed E-state index contributed by atoms with van der Waals surface area (Å²) in [5, 5.41) is 13.4. The number of hydrogen-bond acceptors (Lipinski definition) is 4. The summed E-state index contributed by atoms with van der Waals surface area (Å²) in [4.78, 5) is 11.3. The van der Waals surface area contributed by atoms with Crippen LogP contribution in [0.15, 0.2) is 83.8 Å². The van der Waals surface area contributed by atoms with Gasteiger partial charge in [0.25, 0.3) is 10.0 Å². The smallest absolute Gasteiger partial charge is 0.372 e. The number of aliphatic hydroxyl groups is 1. The van der Waals surface area contributed by atoms with Crippen molar-refractivity contribution in [1.82, 2.24) is 0 Å². The molecule has 0 aromatic heterocycles. The molecule has 0 aliphatic rings. The second-order valence-electron chi connectivity index (χ2n) is 8.76. The molecule has 1 amide bonds. The quantitative estimate of drug-likeness (QED) is 0.422. The number of anilines is 2. The molecule has 0 spiro atoms. The highest BCUT2D eigenvalue weighted by atomic mass is 32.2. The van der Waals surface area contributed by atoms with E-state index in [1.807, 2.05) is 13.8 Å². The Labute approximate surface area is 208 Å². The fraction of sp³-hybridized carbons (Fsp3) is 0.269. The van der Waals surface area contributed by atoms with E-state index in [0.717, 1.165) is 28.6 Å². The fourth-order valence-electron chi connectivity index (χ4n) is 3.75.